The molecule has 0 bridgehead atoms. The third kappa shape index (κ3) is 5.13. The van der Waals surface area contributed by atoms with E-state index >= 15 is 0 Å². The van der Waals surface area contributed by atoms with E-state index in [0.29, 0.717) is 17.5 Å². The molecule has 1 aliphatic heterocycles. The first-order valence-corrected chi connectivity index (χ1v) is 11.0. The fourth-order valence-corrected chi connectivity index (χ4v) is 4.21. The molecule has 0 aliphatic carbocycles. The van der Waals surface area contributed by atoms with E-state index in [0.717, 1.165) is 48.4 Å². The van der Waals surface area contributed by atoms with Crippen LogP contribution in [0.1, 0.15) is 47.8 Å². The van der Waals surface area contributed by atoms with Gasteiger partial charge < -0.3 is 24.6 Å². The predicted octanol–water partition coefficient (Wildman–Crippen LogP) is 4.03. The lowest BCUT2D eigenvalue weighted by molar-refractivity contribution is 0.0939. The number of ether oxygens (including phenoxy) is 2. The van der Waals surface area contributed by atoms with Gasteiger partial charge in [0.05, 0.1) is 20.3 Å². The monoisotopic (exact) mass is 425 g/mol. The van der Waals surface area contributed by atoms with Gasteiger partial charge in [0.15, 0.2) is 11.5 Å². The van der Waals surface area contributed by atoms with Crippen molar-refractivity contribution in [2.75, 3.05) is 45.8 Å². The van der Waals surface area contributed by atoms with Gasteiger partial charge in [0.1, 0.15) is 0 Å². The third-order valence-electron chi connectivity index (χ3n) is 6.21. The van der Waals surface area contributed by atoms with Crippen LogP contribution in [0.25, 0.3) is 0 Å². The standard InChI is InChI=1S/C25H35N3O3/c1-7-20-16-27(4)12-13-28(20)21-10-8-17(2)22(15-21)25(29)26-18(3)19-9-11-23(30-5)24(14-19)31-6/h8-11,14-15,18,20H,7,12-13,16H2,1-6H3,(H,26,29)/t18-,20+/m1/s1. The van der Waals surface area contributed by atoms with Crippen LogP contribution in [0.5, 0.6) is 11.5 Å². The van der Waals surface area contributed by atoms with Gasteiger partial charge in [-0.15, -0.1) is 0 Å². The summed E-state index contributed by atoms with van der Waals surface area (Å²) in [6.45, 7) is 9.24. The Morgan fingerprint density at radius 1 is 1.13 bits per heavy atom. The maximum absolute atomic E-state index is 13.2. The number of aryl methyl sites for hydroxylation is 1. The Hall–Kier alpha value is -2.73. The number of anilines is 1. The number of hydrogen-bond donors (Lipinski definition) is 1. The molecule has 0 saturated carbocycles. The zero-order valence-corrected chi connectivity index (χ0v) is 19.6. The van der Waals surface area contributed by atoms with Crippen molar-refractivity contribution in [3.8, 4) is 11.5 Å². The smallest absolute Gasteiger partial charge is 0.252 e. The zero-order chi connectivity index (χ0) is 22.5. The molecule has 0 spiro atoms. The van der Waals surface area contributed by atoms with Crippen LogP contribution in [0.15, 0.2) is 36.4 Å². The third-order valence-corrected chi connectivity index (χ3v) is 6.21. The lowest BCUT2D eigenvalue weighted by Gasteiger charge is -2.41. The van der Waals surface area contributed by atoms with Crippen LogP contribution in [0, 0.1) is 6.92 Å². The number of amides is 1. The molecule has 3 rings (SSSR count). The number of nitrogens with one attached hydrogen (secondary N) is 1. The van der Waals surface area contributed by atoms with E-state index in [-0.39, 0.29) is 11.9 Å². The highest BCUT2D eigenvalue weighted by molar-refractivity contribution is 5.96. The van der Waals surface area contributed by atoms with Crippen LogP contribution in [-0.2, 0) is 0 Å². The molecule has 1 fully saturated rings. The second-order valence-electron chi connectivity index (χ2n) is 8.33. The Labute approximate surface area is 186 Å². The van der Waals surface area contributed by atoms with Crippen molar-refractivity contribution >= 4 is 11.6 Å². The van der Waals surface area contributed by atoms with E-state index in [1.807, 2.05) is 38.1 Å². The van der Waals surface area contributed by atoms with Crippen molar-refractivity contribution in [1.29, 1.82) is 0 Å². The van der Waals surface area contributed by atoms with Crippen LogP contribution in [-0.4, -0.2) is 57.8 Å². The molecule has 168 valence electrons. The van der Waals surface area contributed by atoms with E-state index in [9.17, 15) is 4.79 Å². The number of benzene rings is 2. The summed E-state index contributed by atoms with van der Waals surface area (Å²) in [5.41, 5.74) is 3.78. The summed E-state index contributed by atoms with van der Waals surface area (Å²) in [5.74, 6) is 1.26. The predicted molar refractivity (Wildman–Crippen MR) is 126 cm³/mol. The number of methoxy groups -OCH3 is 2. The molecule has 6 nitrogen and oxygen atoms in total. The molecule has 0 radical (unpaired) electrons. The van der Waals surface area contributed by atoms with Gasteiger partial charge in [0, 0.05) is 36.9 Å². The number of likely N-dealkylation sites (N-methyl/N-ethyl adjacent to an activating group) is 1. The first kappa shape index (κ1) is 22.9. The van der Waals surface area contributed by atoms with E-state index in [2.05, 4.69) is 41.2 Å². The summed E-state index contributed by atoms with van der Waals surface area (Å²) in [6.07, 6.45) is 1.08. The molecule has 1 aliphatic rings. The molecular formula is C25H35N3O3. The van der Waals surface area contributed by atoms with E-state index in [1.54, 1.807) is 14.2 Å². The van der Waals surface area contributed by atoms with Gasteiger partial charge in [0.25, 0.3) is 5.91 Å². The van der Waals surface area contributed by atoms with E-state index in [1.165, 1.54) is 0 Å². The summed E-state index contributed by atoms with van der Waals surface area (Å²) in [6, 6.07) is 12.2. The largest absolute Gasteiger partial charge is 0.493 e. The highest BCUT2D eigenvalue weighted by Crippen LogP contribution is 2.30. The molecular weight excluding hydrogens is 390 g/mol. The number of hydrogen-bond acceptors (Lipinski definition) is 5. The minimum Gasteiger partial charge on any atom is -0.493 e. The van der Waals surface area contributed by atoms with Crippen molar-refractivity contribution in [2.24, 2.45) is 0 Å². The second-order valence-corrected chi connectivity index (χ2v) is 8.33. The Kier molecular flexibility index (Phi) is 7.44. The zero-order valence-electron chi connectivity index (χ0n) is 19.6. The second kappa shape index (κ2) is 10.1. The van der Waals surface area contributed by atoms with Gasteiger partial charge in [-0.2, -0.15) is 0 Å². The highest BCUT2D eigenvalue weighted by Gasteiger charge is 2.25. The number of piperazine rings is 1. The SMILES string of the molecule is CC[C@H]1CN(C)CCN1c1ccc(C)c(C(=O)N[C@H](C)c2ccc(OC)c(OC)c2)c1. The number of carbonyl (C=O) groups excluding carboxylic acids is 1. The first-order valence-electron chi connectivity index (χ1n) is 11.0. The summed E-state index contributed by atoms with van der Waals surface area (Å²) >= 11 is 0. The molecule has 6 heteroatoms. The number of nitrogens with zero attached hydrogens (tertiary/aromatic N) is 2. The van der Waals surface area contributed by atoms with Gasteiger partial charge in [-0.3, -0.25) is 4.79 Å². The van der Waals surface area contributed by atoms with Gasteiger partial charge in [-0.1, -0.05) is 19.1 Å². The van der Waals surface area contributed by atoms with Crippen molar-refractivity contribution in [3.63, 3.8) is 0 Å². The van der Waals surface area contributed by atoms with Crippen molar-refractivity contribution < 1.29 is 14.3 Å². The summed E-state index contributed by atoms with van der Waals surface area (Å²) < 4.78 is 10.7. The Morgan fingerprint density at radius 2 is 1.87 bits per heavy atom. The van der Waals surface area contributed by atoms with E-state index < -0.39 is 0 Å². The van der Waals surface area contributed by atoms with Crippen LogP contribution in [0.4, 0.5) is 5.69 Å². The van der Waals surface area contributed by atoms with Gasteiger partial charge in [-0.25, -0.2) is 0 Å². The lowest BCUT2D eigenvalue weighted by atomic mass is 10.0. The average Bonchev–Trinajstić information content (AvgIpc) is 2.78. The van der Waals surface area contributed by atoms with Gasteiger partial charge in [-0.05, 0) is 62.7 Å². The van der Waals surface area contributed by atoms with Crippen molar-refractivity contribution in [2.45, 2.75) is 39.3 Å². The molecule has 1 amide bonds. The molecule has 31 heavy (non-hydrogen) atoms. The minimum absolute atomic E-state index is 0.0659. The maximum Gasteiger partial charge on any atom is 0.252 e. The van der Waals surface area contributed by atoms with Gasteiger partial charge >= 0.3 is 0 Å². The van der Waals surface area contributed by atoms with Crippen LogP contribution in [0.2, 0.25) is 0 Å². The fourth-order valence-electron chi connectivity index (χ4n) is 4.21. The fraction of sp³-hybridized carbons (Fsp3) is 0.480. The average molecular weight is 426 g/mol. The van der Waals surface area contributed by atoms with Crippen molar-refractivity contribution in [3.05, 3.63) is 53.1 Å². The van der Waals surface area contributed by atoms with Crippen LogP contribution >= 0.6 is 0 Å². The van der Waals surface area contributed by atoms with Gasteiger partial charge in [0.2, 0.25) is 0 Å². The summed E-state index contributed by atoms with van der Waals surface area (Å²) in [5, 5.41) is 3.14. The molecule has 1 N–H and O–H groups in total. The van der Waals surface area contributed by atoms with Crippen LogP contribution < -0.4 is 19.7 Å². The molecule has 2 aromatic carbocycles. The molecule has 2 aromatic rings. The Bertz CT molecular complexity index is 915. The first-order chi connectivity index (χ1) is 14.9. The minimum atomic E-state index is -0.164. The molecule has 0 aromatic heterocycles. The Morgan fingerprint density at radius 3 is 2.55 bits per heavy atom. The molecule has 2 atom stereocenters. The summed E-state index contributed by atoms with van der Waals surface area (Å²) in [7, 11) is 5.40. The van der Waals surface area contributed by atoms with E-state index in [4.69, 9.17) is 9.47 Å². The normalized spacial score (nSPS) is 17.9. The van der Waals surface area contributed by atoms with Crippen molar-refractivity contribution in [1.82, 2.24) is 10.2 Å². The quantitative estimate of drug-likeness (QED) is 0.726. The topological polar surface area (TPSA) is 54.0 Å². The van der Waals surface area contributed by atoms with Crippen LogP contribution in [0.3, 0.4) is 0 Å². The number of rotatable bonds is 7. The lowest BCUT2D eigenvalue weighted by Crippen LogP contribution is -2.51. The molecule has 1 heterocycles. The summed E-state index contributed by atoms with van der Waals surface area (Å²) in [4.78, 5) is 18.0. The highest BCUT2D eigenvalue weighted by atomic mass is 16.5. The molecule has 0 unspecified atom stereocenters. The Balaban J connectivity index is 1.79. The maximum atomic E-state index is 13.2. The number of carbonyl (C=O) groups is 1. The molecule has 1 saturated heterocycles.